The van der Waals surface area contributed by atoms with Crippen molar-refractivity contribution in [1.29, 1.82) is 0 Å². The van der Waals surface area contributed by atoms with Gasteiger partial charge in [-0.25, -0.2) is 9.55 Å². The number of nitrogen functional groups attached to an aromatic ring is 1. The summed E-state index contributed by atoms with van der Waals surface area (Å²) in [5, 5.41) is 6.35. The molecular formula is C30H40N7O5P. The standard InChI is InChI=1S/C30H40N7O5P/c1-40-29(38)25(17-20-8-4-2-5-9-20)36-43(39,42-24-10-6-3-7-11-24)41-18-21-12-15-23(16-21)37-19-32-26-27(33-22-13-14-22)34-30(31)35-28(26)37/h3,6-7,10-12,15,19-23,25H,2,4-5,8-9,13-14,16-18H2,1H3,(H,36,39)(H3,31,33,34,35)/t21-,23+,25+,43?/m1/s1. The molecule has 230 valence electrons. The molecule has 3 aliphatic rings. The number of carbonyl (C=O) groups excluding carboxylic acids is 1. The van der Waals surface area contributed by atoms with Gasteiger partial charge in [-0.1, -0.05) is 62.5 Å². The molecule has 3 aliphatic carbocycles. The van der Waals surface area contributed by atoms with E-state index >= 15 is 0 Å². The number of fused-ring (bicyclic) bond motifs is 1. The highest BCUT2D eigenvalue weighted by Gasteiger charge is 2.37. The Morgan fingerprint density at radius 1 is 1.12 bits per heavy atom. The molecule has 13 heteroatoms. The first kappa shape index (κ1) is 29.6. The van der Waals surface area contributed by atoms with Gasteiger partial charge in [0.1, 0.15) is 11.8 Å². The highest BCUT2D eigenvalue weighted by molar-refractivity contribution is 7.52. The maximum absolute atomic E-state index is 14.2. The zero-order chi connectivity index (χ0) is 29.8. The van der Waals surface area contributed by atoms with Crippen molar-refractivity contribution >= 4 is 36.6 Å². The molecule has 0 saturated heterocycles. The first-order valence-corrected chi connectivity index (χ1v) is 16.7. The number of hydrogen-bond donors (Lipinski definition) is 3. The minimum atomic E-state index is -3.97. The van der Waals surface area contributed by atoms with Crippen LogP contribution >= 0.6 is 7.75 Å². The van der Waals surface area contributed by atoms with Gasteiger partial charge in [-0.15, -0.1) is 0 Å². The number of rotatable bonds is 13. The van der Waals surface area contributed by atoms with Crippen LogP contribution in [-0.4, -0.2) is 51.3 Å². The number of anilines is 2. The van der Waals surface area contributed by atoms with E-state index in [0.29, 0.717) is 47.5 Å². The number of methoxy groups -OCH3 is 1. The molecule has 0 radical (unpaired) electrons. The van der Waals surface area contributed by atoms with Crippen LogP contribution in [0.15, 0.2) is 48.8 Å². The maximum atomic E-state index is 14.2. The topological polar surface area (TPSA) is 156 Å². The number of ether oxygens (including phenoxy) is 1. The summed E-state index contributed by atoms with van der Waals surface area (Å²) >= 11 is 0. The molecule has 6 rings (SSSR count). The number of nitrogens with two attached hydrogens (primary N) is 1. The van der Waals surface area contributed by atoms with Crippen molar-refractivity contribution < 1.29 is 23.1 Å². The lowest BCUT2D eigenvalue weighted by Gasteiger charge is -2.29. The number of para-hydroxylation sites is 1. The van der Waals surface area contributed by atoms with Crippen molar-refractivity contribution in [2.24, 2.45) is 11.8 Å². The molecule has 0 spiro atoms. The van der Waals surface area contributed by atoms with Gasteiger partial charge in [0, 0.05) is 12.0 Å². The summed E-state index contributed by atoms with van der Waals surface area (Å²) in [6.07, 6.45) is 14.8. The largest absolute Gasteiger partial charge is 0.468 e. The first-order valence-electron chi connectivity index (χ1n) is 15.2. The molecule has 3 aromatic rings. The Balaban J connectivity index is 1.15. The molecule has 0 bridgehead atoms. The molecule has 0 amide bonds. The number of allylic oxidation sites excluding steroid dienone is 1. The highest BCUT2D eigenvalue weighted by Crippen LogP contribution is 2.47. The van der Waals surface area contributed by atoms with Gasteiger partial charge in [-0.2, -0.15) is 15.1 Å². The zero-order valence-corrected chi connectivity index (χ0v) is 25.3. The van der Waals surface area contributed by atoms with Crippen LogP contribution in [0.5, 0.6) is 5.75 Å². The van der Waals surface area contributed by atoms with E-state index in [2.05, 4.69) is 31.4 Å². The van der Waals surface area contributed by atoms with Crippen molar-refractivity contribution in [3.05, 3.63) is 48.8 Å². The second-order valence-corrected chi connectivity index (χ2v) is 13.5. The van der Waals surface area contributed by atoms with Gasteiger partial charge >= 0.3 is 13.7 Å². The molecule has 43 heavy (non-hydrogen) atoms. The lowest BCUT2D eigenvalue weighted by molar-refractivity contribution is -0.143. The number of nitrogens with one attached hydrogen (secondary N) is 2. The van der Waals surface area contributed by atoms with Crippen LogP contribution in [0.2, 0.25) is 0 Å². The molecule has 4 N–H and O–H groups in total. The first-order chi connectivity index (χ1) is 20.9. The van der Waals surface area contributed by atoms with E-state index in [0.717, 1.165) is 38.5 Å². The number of hydrogen-bond acceptors (Lipinski definition) is 10. The van der Waals surface area contributed by atoms with Crippen molar-refractivity contribution in [2.45, 2.75) is 75.9 Å². The monoisotopic (exact) mass is 609 g/mol. The van der Waals surface area contributed by atoms with Crippen LogP contribution in [0.4, 0.5) is 11.8 Å². The van der Waals surface area contributed by atoms with E-state index < -0.39 is 19.8 Å². The number of imidazole rings is 1. The zero-order valence-electron chi connectivity index (χ0n) is 24.4. The van der Waals surface area contributed by atoms with Crippen molar-refractivity contribution in [2.75, 3.05) is 24.8 Å². The normalized spacial score (nSPS) is 22.7. The number of benzene rings is 1. The van der Waals surface area contributed by atoms with Crippen LogP contribution in [0.1, 0.15) is 63.8 Å². The Kier molecular flexibility index (Phi) is 8.97. The van der Waals surface area contributed by atoms with Crippen molar-refractivity contribution in [3.8, 4) is 5.75 Å². The third-order valence-corrected chi connectivity index (χ3v) is 9.95. The average molecular weight is 610 g/mol. The van der Waals surface area contributed by atoms with E-state index in [-0.39, 0.29) is 24.5 Å². The molecule has 1 aromatic carbocycles. The van der Waals surface area contributed by atoms with Crippen LogP contribution < -0.4 is 20.7 Å². The maximum Gasteiger partial charge on any atom is 0.459 e. The van der Waals surface area contributed by atoms with E-state index in [9.17, 15) is 9.36 Å². The van der Waals surface area contributed by atoms with E-state index in [1.165, 1.54) is 13.5 Å². The van der Waals surface area contributed by atoms with Gasteiger partial charge < -0.3 is 24.9 Å². The number of carbonyl (C=O) groups is 1. The summed E-state index contributed by atoms with van der Waals surface area (Å²) in [6, 6.07) is 8.40. The molecule has 0 aliphatic heterocycles. The minimum Gasteiger partial charge on any atom is -0.468 e. The fraction of sp³-hybridized carbons (Fsp3) is 0.533. The fourth-order valence-electron chi connectivity index (χ4n) is 5.98. The molecule has 4 atom stereocenters. The highest BCUT2D eigenvalue weighted by atomic mass is 31.2. The third-order valence-electron chi connectivity index (χ3n) is 8.38. The van der Waals surface area contributed by atoms with Gasteiger partial charge in [0.05, 0.1) is 26.1 Å². The summed E-state index contributed by atoms with van der Waals surface area (Å²) in [4.78, 5) is 26.2. The van der Waals surface area contributed by atoms with Crippen LogP contribution in [0.25, 0.3) is 11.2 Å². The van der Waals surface area contributed by atoms with E-state index in [1.807, 2.05) is 16.7 Å². The predicted molar refractivity (Wildman–Crippen MR) is 163 cm³/mol. The van der Waals surface area contributed by atoms with E-state index in [4.69, 9.17) is 19.5 Å². The second-order valence-electron chi connectivity index (χ2n) is 11.8. The number of nitrogens with zero attached hydrogens (tertiary/aromatic N) is 4. The fourth-order valence-corrected chi connectivity index (χ4v) is 7.53. The number of esters is 1. The molecule has 2 saturated carbocycles. The predicted octanol–water partition coefficient (Wildman–Crippen LogP) is 5.41. The van der Waals surface area contributed by atoms with Gasteiger partial charge in [0.15, 0.2) is 17.0 Å². The summed E-state index contributed by atoms with van der Waals surface area (Å²) in [7, 11) is -2.63. The third kappa shape index (κ3) is 7.37. The summed E-state index contributed by atoms with van der Waals surface area (Å²) in [5.41, 5.74) is 7.39. The Labute approximate surface area is 251 Å². The van der Waals surface area contributed by atoms with Gasteiger partial charge in [-0.05, 0) is 43.7 Å². The SMILES string of the molecule is COC(=O)[C@H](CC1CCCCC1)NP(=O)(OC[C@@H]1C=C[C@H](n2cnc3c(NC4CC4)nc(N)nc32)C1)Oc1ccccc1. The van der Waals surface area contributed by atoms with Crippen LogP contribution in [0.3, 0.4) is 0 Å². The molecule has 2 aromatic heterocycles. The Bertz CT molecular complexity index is 1490. The smallest absolute Gasteiger partial charge is 0.459 e. The summed E-state index contributed by atoms with van der Waals surface area (Å²) in [6.45, 7) is 0.125. The van der Waals surface area contributed by atoms with Crippen molar-refractivity contribution in [1.82, 2.24) is 24.6 Å². The van der Waals surface area contributed by atoms with Crippen LogP contribution in [-0.2, 0) is 18.6 Å². The number of aromatic nitrogens is 4. The van der Waals surface area contributed by atoms with Crippen LogP contribution in [0, 0.1) is 11.8 Å². The summed E-state index contributed by atoms with van der Waals surface area (Å²) in [5.74, 6) is 1.04. The molecule has 2 fully saturated rings. The lowest BCUT2D eigenvalue weighted by Crippen LogP contribution is -2.39. The lowest BCUT2D eigenvalue weighted by atomic mass is 9.85. The minimum absolute atomic E-state index is 0.0434. The Morgan fingerprint density at radius 3 is 2.65 bits per heavy atom. The van der Waals surface area contributed by atoms with Gasteiger partial charge in [0.2, 0.25) is 5.95 Å². The Hall–Kier alpha value is -3.47. The van der Waals surface area contributed by atoms with E-state index in [1.54, 1.807) is 30.6 Å². The molecular weight excluding hydrogens is 569 g/mol. The Morgan fingerprint density at radius 2 is 1.91 bits per heavy atom. The van der Waals surface area contributed by atoms with Crippen molar-refractivity contribution in [3.63, 3.8) is 0 Å². The van der Waals surface area contributed by atoms with Gasteiger partial charge in [-0.3, -0.25) is 9.32 Å². The molecule has 1 unspecified atom stereocenters. The average Bonchev–Trinajstić information content (AvgIpc) is 3.52. The molecule has 12 nitrogen and oxygen atoms in total. The summed E-state index contributed by atoms with van der Waals surface area (Å²) < 4.78 is 33.3. The quantitative estimate of drug-likeness (QED) is 0.129. The van der Waals surface area contributed by atoms with Gasteiger partial charge in [0.25, 0.3) is 0 Å². The molecule has 2 heterocycles. The second kappa shape index (κ2) is 13.0.